The van der Waals surface area contributed by atoms with E-state index in [0.29, 0.717) is 31.7 Å². The van der Waals surface area contributed by atoms with Gasteiger partial charge in [0.25, 0.3) is 10.0 Å². The van der Waals surface area contributed by atoms with Crippen LogP contribution in [0.25, 0.3) is 0 Å². The standard InChI is InChI=1S/C13H17N3O2S/c1-2-12(9-14)19(17,18)16-8-7-15-10-11-5-3-4-6-13(11)16/h3-6,12,15H,2,7-8,10H2,1H3. The SMILES string of the molecule is CCC(C#N)S(=O)(=O)N1CCNCc2ccccc21. The smallest absolute Gasteiger partial charge is 0.251 e. The van der Waals surface area contributed by atoms with Crippen molar-refractivity contribution in [3.63, 3.8) is 0 Å². The highest BCUT2D eigenvalue weighted by Crippen LogP contribution is 2.27. The van der Waals surface area contributed by atoms with Crippen molar-refractivity contribution >= 4 is 15.7 Å². The van der Waals surface area contributed by atoms with Gasteiger partial charge in [-0.15, -0.1) is 0 Å². The minimum absolute atomic E-state index is 0.297. The van der Waals surface area contributed by atoms with Crippen LogP contribution in [0.1, 0.15) is 18.9 Å². The number of rotatable bonds is 3. The summed E-state index contributed by atoms with van der Waals surface area (Å²) < 4.78 is 26.5. The molecule has 0 saturated heterocycles. The Morgan fingerprint density at radius 1 is 1.47 bits per heavy atom. The number of nitriles is 1. The zero-order valence-corrected chi connectivity index (χ0v) is 11.7. The van der Waals surface area contributed by atoms with E-state index in [-0.39, 0.29) is 0 Å². The molecular weight excluding hydrogens is 262 g/mol. The van der Waals surface area contributed by atoms with Crippen LogP contribution in [0.2, 0.25) is 0 Å². The number of hydrogen-bond acceptors (Lipinski definition) is 4. The zero-order valence-electron chi connectivity index (χ0n) is 10.8. The average molecular weight is 279 g/mol. The lowest BCUT2D eigenvalue weighted by atomic mass is 10.2. The van der Waals surface area contributed by atoms with Gasteiger partial charge in [-0.1, -0.05) is 25.1 Å². The number of anilines is 1. The van der Waals surface area contributed by atoms with Gasteiger partial charge < -0.3 is 5.32 Å². The highest BCUT2D eigenvalue weighted by Gasteiger charge is 2.32. The van der Waals surface area contributed by atoms with Crippen molar-refractivity contribution in [2.45, 2.75) is 25.1 Å². The van der Waals surface area contributed by atoms with Gasteiger partial charge in [-0.2, -0.15) is 5.26 Å². The quantitative estimate of drug-likeness (QED) is 0.903. The zero-order chi connectivity index (χ0) is 13.9. The van der Waals surface area contributed by atoms with Crippen LogP contribution in [-0.2, 0) is 16.6 Å². The van der Waals surface area contributed by atoms with E-state index in [2.05, 4.69) is 5.32 Å². The van der Waals surface area contributed by atoms with E-state index in [4.69, 9.17) is 5.26 Å². The molecule has 1 aliphatic rings. The van der Waals surface area contributed by atoms with Gasteiger partial charge in [0.15, 0.2) is 5.25 Å². The van der Waals surface area contributed by atoms with Gasteiger partial charge >= 0.3 is 0 Å². The number of nitrogens with zero attached hydrogens (tertiary/aromatic N) is 2. The normalized spacial score (nSPS) is 17.2. The Kier molecular flexibility index (Phi) is 4.08. The number of benzene rings is 1. The second kappa shape index (κ2) is 5.59. The number of hydrogen-bond donors (Lipinski definition) is 1. The Labute approximate surface area is 113 Å². The van der Waals surface area contributed by atoms with Crippen molar-refractivity contribution in [1.82, 2.24) is 5.32 Å². The molecule has 0 bridgehead atoms. The molecule has 0 amide bonds. The van der Waals surface area contributed by atoms with Crippen molar-refractivity contribution < 1.29 is 8.42 Å². The van der Waals surface area contributed by atoms with Crippen LogP contribution in [-0.4, -0.2) is 26.8 Å². The summed E-state index contributed by atoms with van der Waals surface area (Å²) in [6.07, 6.45) is 0.297. The Morgan fingerprint density at radius 2 is 2.21 bits per heavy atom. The summed E-state index contributed by atoms with van der Waals surface area (Å²) in [5, 5.41) is 11.2. The van der Waals surface area contributed by atoms with Gasteiger partial charge in [0.05, 0.1) is 11.8 Å². The molecule has 0 radical (unpaired) electrons. The van der Waals surface area contributed by atoms with Gasteiger partial charge in [-0.05, 0) is 18.1 Å². The predicted molar refractivity (Wildman–Crippen MR) is 74.1 cm³/mol. The molecule has 2 rings (SSSR count). The monoisotopic (exact) mass is 279 g/mol. The summed E-state index contributed by atoms with van der Waals surface area (Å²) in [5.41, 5.74) is 1.62. The van der Waals surface area contributed by atoms with Gasteiger partial charge in [0.1, 0.15) is 0 Å². The van der Waals surface area contributed by atoms with Crippen molar-refractivity contribution in [1.29, 1.82) is 5.26 Å². The lowest BCUT2D eigenvalue weighted by Gasteiger charge is -2.26. The molecule has 5 nitrogen and oxygen atoms in total. The Bertz CT molecular complexity index is 592. The first-order valence-electron chi connectivity index (χ1n) is 6.31. The summed E-state index contributed by atoms with van der Waals surface area (Å²) in [4.78, 5) is 0. The average Bonchev–Trinajstić information content (AvgIpc) is 2.62. The highest BCUT2D eigenvalue weighted by atomic mass is 32.2. The molecule has 1 aromatic carbocycles. The Balaban J connectivity index is 2.48. The lowest BCUT2D eigenvalue weighted by Crippen LogP contribution is -2.40. The second-order valence-electron chi connectivity index (χ2n) is 4.45. The van der Waals surface area contributed by atoms with Crippen molar-refractivity contribution in [2.75, 3.05) is 17.4 Å². The molecule has 1 heterocycles. The number of fused-ring (bicyclic) bond motifs is 1. The summed E-state index contributed by atoms with van der Waals surface area (Å²) in [6.45, 7) is 3.30. The third-order valence-electron chi connectivity index (χ3n) is 3.25. The molecule has 1 N–H and O–H groups in total. The highest BCUT2D eigenvalue weighted by molar-refractivity contribution is 7.93. The fourth-order valence-corrected chi connectivity index (χ4v) is 3.87. The van der Waals surface area contributed by atoms with Crippen LogP contribution in [0, 0.1) is 11.3 Å². The van der Waals surface area contributed by atoms with E-state index in [0.717, 1.165) is 5.56 Å². The van der Waals surface area contributed by atoms with E-state index in [1.165, 1.54) is 4.31 Å². The molecule has 0 spiro atoms. The Hall–Kier alpha value is -1.58. The summed E-state index contributed by atoms with van der Waals surface area (Å²) in [6, 6.07) is 9.30. The molecule has 0 fully saturated rings. The van der Waals surface area contributed by atoms with E-state index >= 15 is 0 Å². The molecule has 1 aliphatic heterocycles. The van der Waals surface area contributed by atoms with Gasteiger partial charge in [0, 0.05) is 19.6 Å². The topological polar surface area (TPSA) is 73.2 Å². The van der Waals surface area contributed by atoms with E-state index in [9.17, 15) is 8.42 Å². The maximum Gasteiger partial charge on any atom is 0.251 e. The number of sulfonamides is 1. The second-order valence-corrected chi connectivity index (χ2v) is 6.49. The van der Waals surface area contributed by atoms with E-state index in [1.54, 1.807) is 13.0 Å². The van der Waals surface area contributed by atoms with Crippen LogP contribution in [0.4, 0.5) is 5.69 Å². The molecule has 0 aliphatic carbocycles. The molecule has 0 aromatic heterocycles. The van der Waals surface area contributed by atoms with Crippen LogP contribution in [0.15, 0.2) is 24.3 Å². The molecule has 102 valence electrons. The van der Waals surface area contributed by atoms with Gasteiger partial charge in [-0.25, -0.2) is 8.42 Å². The van der Waals surface area contributed by atoms with Gasteiger partial charge in [-0.3, -0.25) is 4.31 Å². The molecule has 6 heteroatoms. The molecule has 0 saturated carbocycles. The van der Waals surface area contributed by atoms with Crippen molar-refractivity contribution in [2.24, 2.45) is 0 Å². The van der Waals surface area contributed by atoms with Crippen LogP contribution < -0.4 is 9.62 Å². The fourth-order valence-electron chi connectivity index (χ4n) is 2.21. The summed E-state index contributed by atoms with van der Waals surface area (Å²) in [7, 11) is -3.63. The van der Waals surface area contributed by atoms with Crippen molar-refractivity contribution in [3.05, 3.63) is 29.8 Å². The fraction of sp³-hybridized carbons (Fsp3) is 0.462. The number of para-hydroxylation sites is 1. The van der Waals surface area contributed by atoms with E-state index < -0.39 is 15.3 Å². The molecule has 1 unspecified atom stereocenters. The molecular formula is C13H17N3O2S. The first-order valence-corrected chi connectivity index (χ1v) is 7.81. The van der Waals surface area contributed by atoms with E-state index in [1.807, 2.05) is 24.3 Å². The summed E-state index contributed by atoms with van der Waals surface area (Å²) in [5.74, 6) is 0. The number of nitrogens with one attached hydrogen (secondary N) is 1. The molecule has 1 atom stereocenters. The maximum absolute atomic E-state index is 12.5. The molecule has 19 heavy (non-hydrogen) atoms. The van der Waals surface area contributed by atoms with Crippen LogP contribution in [0.5, 0.6) is 0 Å². The Morgan fingerprint density at radius 3 is 2.89 bits per heavy atom. The van der Waals surface area contributed by atoms with Crippen LogP contribution in [0.3, 0.4) is 0 Å². The first-order chi connectivity index (χ1) is 9.11. The minimum Gasteiger partial charge on any atom is -0.311 e. The largest absolute Gasteiger partial charge is 0.311 e. The lowest BCUT2D eigenvalue weighted by molar-refractivity contribution is 0.581. The van der Waals surface area contributed by atoms with Crippen LogP contribution >= 0.6 is 0 Å². The first kappa shape index (κ1) is 13.8. The maximum atomic E-state index is 12.5. The predicted octanol–water partition coefficient (Wildman–Crippen LogP) is 1.23. The molecule has 1 aromatic rings. The third kappa shape index (κ3) is 2.57. The van der Waals surface area contributed by atoms with Gasteiger partial charge in [0.2, 0.25) is 0 Å². The van der Waals surface area contributed by atoms with Crippen molar-refractivity contribution in [3.8, 4) is 6.07 Å². The summed E-state index contributed by atoms with van der Waals surface area (Å²) >= 11 is 0. The third-order valence-corrected chi connectivity index (χ3v) is 5.40. The minimum atomic E-state index is -3.63.